The number of ether oxygens (including phenoxy) is 3. The summed E-state index contributed by atoms with van der Waals surface area (Å²) in [7, 11) is 5.01. The van der Waals surface area contributed by atoms with Crippen molar-refractivity contribution in [3.63, 3.8) is 0 Å². The van der Waals surface area contributed by atoms with Crippen LogP contribution in [0.5, 0.6) is 17.2 Å². The third kappa shape index (κ3) is 2.76. The fourth-order valence-electron chi connectivity index (χ4n) is 5.50. The fourth-order valence-corrected chi connectivity index (χ4v) is 5.50. The van der Waals surface area contributed by atoms with Crippen LogP contribution in [-0.2, 0) is 5.41 Å². The van der Waals surface area contributed by atoms with Gasteiger partial charge in [0.15, 0.2) is 11.5 Å². The molecule has 6 aromatic rings. The Hall–Kier alpha value is -3.72. The molecule has 6 rings (SSSR count). The van der Waals surface area contributed by atoms with Crippen LogP contribution in [0.15, 0.2) is 60.7 Å². The van der Waals surface area contributed by atoms with Crippen LogP contribution in [0.2, 0.25) is 0 Å². The molecule has 0 amide bonds. The zero-order valence-electron chi connectivity index (χ0n) is 20.5. The second-order valence-electron chi connectivity index (χ2n) is 10.1. The molecule has 0 atom stereocenters. The lowest BCUT2D eigenvalue weighted by Crippen LogP contribution is -2.10. The Labute approximate surface area is 199 Å². The second-order valence-corrected chi connectivity index (χ2v) is 10.1. The van der Waals surface area contributed by atoms with E-state index in [-0.39, 0.29) is 5.41 Å². The first-order valence-electron chi connectivity index (χ1n) is 11.6. The molecule has 6 aromatic carbocycles. The van der Waals surface area contributed by atoms with E-state index in [2.05, 4.69) is 75.4 Å². The van der Waals surface area contributed by atoms with Crippen LogP contribution in [0.4, 0.5) is 0 Å². The number of rotatable bonds is 3. The summed E-state index contributed by atoms with van der Waals surface area (Å²) in [4.78, 5) is 0. The summed E-state index contributed by atoms with van der Waals surface area (Å²) in [5.41, 5.74) is 1.45. The molecule has 170 valence electrons. The first kappa shape index (κ1) is 20.9. The monoisotopic (exact) mass is 448 g/mol. The first-order chi connectivity index (χ1) is 16.4. The molecule has 0 unspecified atom stereocenters. The highest BCUT2D eigenvalue weighted by molar-refractivity contribution is 6.33. The van der Waals surface area contributed by atoms with Gasteiger partial charge in [-0.1, -0.05) is 69.3 Å². The van der Waals surface area contributed by atoms with Gasteiger partial charge in [0.1, 0.15) is 0 Å². The van der Waals surface area contributed by atoms with Crippen molar-refractivity contribution in [1.82, 2.24) is 0 Å². The molecule has 3 nitrogen and oxygen atoms in total. The average molecular weight is 449 g/mol. The van der Waals surface area contributed by atoms with Crippen LogP contribution >= 0.6 is 0 Å². The van der Waals surface area contributed by atoms with Crippen LogP contribution in [0.25, 0.3) is 53.9 Å². The maximum absolute atomic E-state index is 5.94. The molecule has 0 spiro atoms. The van der Waals surface area contributed by atoms with Gasteiger partial charge in [-0.25, -0.2) is 0 Å². The molecule has 0 bridgehead atoms. The summed E-state index contributed by atoms with van der Waals surface area (Å²) in [6, 6.07) is 22.4. The molecule has 0 fully saturated rings. The number of benzene rings is 6. The molecule has 3 heteroatoms. The fraction of sp³-hybridized carbons (Fsp3) is 0.226. The maximum atomic E-state index is 5.94. The second kappa shape index (κ2) is 7.14. The molecule has 0 saturated heterocycles. The standard InChI is InChI=1S/C31H28O3/c1-31(2,3)22-14-19-9-7-17-13-18-8-10-21-16-24(32-4)29(33-5)30(34-6)28(21)27(18)23-12-11-20(15-22)25(19)26(17)23/h7-16H,1-6H3. The third-order valence-electron chi connectivity index (χ3n) is 7.17. The van der Waals surface area contributed by atoms with Crippen LogP contribution in [0, 0.1) is 0 Å². The van der Waals surface area contributed by atoms with Crippen molar-refractivity contribution in [2.24, 2.45) is 0 Å². The number of hydrogen-bond acceptors (Lipinski definition) is 3. The van der Waals surface area contributed by atoms with E-state index in [9.17, 15) is 0 Å². The molecule has 0 aliphatic carbocycles. The van der Waals surface area contributed by atoms with E-state index in [4.69, 9.17) is 14.2 Å². The highest BCUT2D eigenvalue weighted by Crippen LogP contribution is 2.49. The third-order valence-corrected chi connectivity index (χ3v) is 7.17. The van der Waals surface area contributed by atoms with Crippen LogP contribution in [-0.4, -0.2) is 21.3 Å². The van der Waals surface area contributed by atoms with E-state index in [1.54, 1.807) is 21.3 Å². The Morgan fingerprint density at radius 2 is 1.00 bits per heavy atom. The number of hydrogen-bond donors (Lipinski definition) is 0. The highest BCUT2D eigenvalue weighted by Gasteiger charge is 2.21. The molecule has 0 aliphatic rings. The predicted molar refractivity (Wildman–Crippen MR) is 144 cm³/mol. The summed E-state index contributed by atoms with van der Waals surface area (Å²) in [6.07, 6.45) is 0. The largest absolute Gasteiger partial charge is 0.493 e. The summed E-state index contributed by atoms with van der Waals surface area (Å²) in [6.45, 7) is 6.81. The Kier molecular flexibility index (Phi) is 4.38. The van der Waals surface area contributed by atoms with E-state index in [0.29, 0.717) is 17.2 Å². The normalized spacial score (nSPS) is 12.4. The van der Waals surface area contributed by atoms with E-state index in [1.165, 1.54) is 48.7 Å². The van der Waals surface area contributed by atoms with Crippen molar-refractivity contribution >= 4 is 53.9 Å². The lowest BCUT2D eigenvalue weighted by molar-refractivity contribution is 0.327. The van der Waals surface area contributed by atoms with Gasteiger partial charge < -0.3 is 14.2 Å². The smallest absolute Gasteiger partial charge is 0.203 e. The minimum atomic E-state index is 0.0936. The van der Waals surface area contributed by atoms with E-state index in [1.807, 2.05) is 6.07 Å². The number of methoxy groups -OCH3 is 3. The highest BCUT2D eigenvalue weighted by atomic mass is 16.5. The maximum Gasteiger partial charge on any atom is 0.203 e. The van der Waals surface area contributed by atoms with Gasteiger partial charge in [-0.15, -0.1) is 0 Å². The zero-order chi connectivity index (χ0) is 23.8. The van der Waals surface area contributed by atoms with E-state index >= 15 is 0 Å². The Balaban J connectivity index is 1.85. The lowest BCUT2D eigenvalue weighted by atomic mass is 9.82. The summed E-state index contributed by atoms with van der Waals surface area (Å²) < 4.78 is 17.3. The topological polar surface area (TPSA) is 27.7 Å². The van der Waals surface area contributed by atoms with Crippen molar-refractivity contribution in [2.45, 2.75) is 26.2 Å². The van der Waals surface area contributed by atoms with Gasteiger partial charge in [0.25, 0.3) is 0 Å². The molecule has 0 radical (unpaired) electrons. The van der Waals surface area contributed by atoms with Crippen molar-refractivity contribution < 1.29 is 14.2 Å². The Morgan fingerprint density at radius 1 is 0.500 bits per heavy atom. The summed E-state index contributed by atoms with van der Waals surface area (Å²) in [5.74, 6) is 1.98. The molecule has 0 heterocycles. The molecule has 0 N–H and O–H groups in total. The van der Waals surface area contributed by atoms with Crippen molar-refractivity contribution in [3.8, 4) is 17.2 Å². The molecular formula is C31H28O3. The van der Waals surface area contributed by atoms with Gasteiger partial charge in [0.2, 0.25) is 5.75 Å². The van der Waals surface area contributed by atoms with Gasteiger partial charge in [-0.2, -0.15) is 0 Å². The van der Waals surface area contributed by atoms with Gasteiger partial charge in [0, 0.05) is 10.8 Å². The molecule has 0 aliphatic heterocycles. The molecule has 0 saturated carbocycles. The van der Waals surface area contributed by atoms with Gasteiger partial charge >= 0.3 is 0 Å². The van der Waals surface area contributed by atoms with Crippen LogP contribution in [0.1, 0.15) is 26.3 Å². The van der Waals surface area contributed by atoms with Gasteiger partial charge in [-0.3, -0.25) is 0 Å². The zero-order valence-corrected chi connectivity index (χ0v) is 20.5. The van der Waals surface area contributed by atoms with Gasteiger partial charge in [-0.05, 0) is 66.2 Å². The summed E-state index contributed by atoms with van der Waals surface area (Å²) in [5, 5.41) is 12.1. The Morgan fingerprint density at radius 3 is 1.53 bits per heavy atom. The minimum absolute atomic E-state index is 0.0936. The molecule has 34 heavy (non-hydrogen) atoms. The number of fused-ring (bicyclic) bond motifs is 4. The minimum Gasteiger partial charge on any atom is -0.493 e. The van der Waals surface area contributed by atoms with Crippen LogP contribution < -0.4 is 14.2 Å². The average Bonchev–Trinajstić information content (AvgIpc) is 2.84. The predicted octanol–water partition coefficient (Wildman–Crippen LogP) is 8.21. The first-order valence-corrected chi connectivity index (χ1v) is 11.6. The quantitative estimate of drug-likeness (QED) is 0.202. The lowest BCUT2D eigenvalue weighted by Gasteiger charge is -2.22. The molecule has 0 aromatic heterocycles. The van der Waals surface area contributed by atoms with Crippen molar-refractivity contribution in [3.05, 3.63) is 66.2 Å². The van der Waals surface area contributed by atoms with Crippen LogP contribution in [0.3, 0.4) is 0 Å². The SMILES string of the molecule is COc1cc2ccc3cc4ccc5cc(C(C)(C)C)cc6ccc(c3c2c(OC)c1OC)c4c56. The summed E-state index contributed by atoms with van der Waals surface area (Å²) >= 11 is 0. The van der Waals surface area contributed by atoms with Crippen molar-refractivity contribution in [1.29, 1.82) is 0 Å². The van der Waals surface area contributed by atoms with E-state index < -0.39 is 0 Å². The van der Waals surface area contributed by atoms with Gasteiger partial charge in [0.05, 0.1) is 21.3 Å². The molecular weight excluding hydrogens is 420 g/mol. The van der Waals surface area contributed by atoms with E-state index in [0.717, 1.165) is 10.8 Å². The van der Waals surface area contributed by atoms with Crippen molar-refractivity contribution in [2.75, 3.05) is 21.3 Å². The Bertz CT molecular complexity index is 1720.